The number of hydrogen-bond donors (Lipinski definition) is 0. The molecule has 0 N–H and O–H groups in total. The highest BCUT2D eigenvalue weighted by Gasteiger charge is 2.28. The lowest BCUT2D eigenvalue weighted by Crippen LogP contribution is -1.83. The van der Waals surface area contributed by atoms with Crippen LogP contribution in [0.5, 0.6) is 0 Å². The van der Waals surface area contributed by atoms with Gasteiger partial charge in [-0.05, 0) is 6.42 Å². The van der Waals surface area contributed by atoms with Crippen molar-refractivity contribution in [3.8, 4) is 0 Å². The number of ether oxygens (including phenoxy) is 2. The van der Waals surface area contributed by atoms with Crippen LogP contribution >= 0.6 is 0 Å². The van der Waals surface area contributed by atoms with Gasteiger partial charge in [0.25, 0.3) is 0 Å². The summed E-state index contributed by atoms with van der Waals surface area (Å²) in [6.45, 7) is 2.80. The average Bonchev–Trinajstić information content (AvgIpc) is 2.95. The summed E-state index contributed by atoms with van der Waals surface area (Å²) in [7, 11) is 0. The van der Waals surface area contributed by atoms with Crippen LogP contribution in [0.3, 0.4) is 0 Å². The van der Waals surface area contributed by atoms with Gasteiger partial charge < -0.3 is 9.47 Å². The number of hydrogen-bond acceptors (Lipinski definition) is 2. The van der Waals surface area contributed by atoms with Gasteiger partial charge in [0.05, 0.1) is 6.61 Å². The Kier molecular flexibility index (Phi) is 2.21. The predicted octanol–water partition coefficient (Wildman–Crippen LogP) is 2.77. The van der Waals surface area contributed by atoms with E-state index in [0.29, 0.717) is 5.95 Å². The van der Waals surface area contributed by atoms with Crippen LogP contribution in [0.25, 0.3) is 5.76 Å². The van der Waals surface area contributed by atoms with Gasteiger partial charge in [-0.2, -0.15) is 0 Å². The summed E-state index contributed by atoms with van der Waals surface area (Å²) in [5, 5.41) is 0. The molecule has 0 unspecified atom stereocenters. The smallest absolute Gasteiger partial charge is 0.330 e. The topological polar surface area (TPSA) is 21.8 Å². The first kappa shape index (κ1) is 8.17. The highest BCUT2D eigenvalue weighted by molar-refractivity contribution is 5.69. The molecule has 0 fully saturated rings. The van der Waals surface area contributed by atoms with Crippen molar-refractivity contribution >= 4 is 5.76 Å². The SMILES string of the molecule is CCCOC1=C(c2ccccc2)O1. The minimum absolute atomic E-state index is 0.688. The van der Waals surface area contributed by atoms with Gasteiger partial charge in [-0.25, -0.2) is 0 Å². The zero-order valence-corrected chi connectivity index (χ0v) is 7.62. The minimum atomic E-state index is 0.688. The largest absolute Gasteiger partial charge is 0.462 e. The van der Waals surface area contributed by atoms with Crippen molar-refractivity contribution in [1.82, 2.24) is 0 Å². The summed E-state index contributed by atoms with van der Waals surface area (Å²) >= 11 is 0. The van der Waals surface area contributed by atoms with E-state index in [4.69, 9.17) is 9.47 Å². The fraction of sp³-hybridized carbons (Fsp3) is 0.273. The predicted molar refractivity (Wildman–Crippen MR) is 50.7 cm³/mol. The highest BCUT2D eigenvalue weighted by Crippen LogP contribution is 2.36. The molecule has 1 aromatic rings. The Morgan fingerprint density at radius 3 is 2.69 bits per heavy atom. The second kappa shape index (κ2) is 3.52. The van der Waals surface area contributed by atoms with Gasteiger partial charge in [-0.3, -0.25) is 0 Å². The molecular weight excluding hydrogens is 164 g/mol. The van der Waals surface area contributed by atoms with E-state index in [2.05, 4.69) is 6.92 Å². The second-order valence-electron chi connectivity index (χ2n) is 2.93. The van der Waals surface area contributed by atoms with E-state index in [1.165, 1.54) is 0 Å². The van der Waals surface area contributed by atoms with Crippen LogP contribution in [0.2, 0.25) is 0 Å². The molecule has 2 nitrogen and oxygen atoms in total. The summed E-state index contributed by atoms with van der Waals surface area (Å²) < 4.78 is 10.5. The van der Waals surface area contributed by atoms with Crippen LogP contribution in [0.1, 0.15) is 18.9 Å². The maximum Gasteiger partial charge on any atom is 0.330 e. The Labute approximate surface area is 77.8 Å². The molecule has 1 aliphatic rings. The van der Waals surface area contributed by atoms with E-state index >= 15 is 0 Å². The molecule has 1 aromatic carbocycles. The van der Waals surface area contributed by atoms with E-state index < -0.39 is 0 Å². The summed E-state index contributed by atoms with van der Waals surface area (Å²) in [6.07, 6.45) is 1.01. The van der Waals surface area contributed by atoms with Crippen molar-refractivity contribution in [3.63, 3.8) is 0 Å². The first-order valence-corrected chi connectivity index (χ1v) is 4.52. The summed E-state index contributed by atoms with van der Waals surface area (Å²) in [4.78, 5) is 0. The maximum atomic E-state index is 5.33. The molecule has 0 radical (unpaired) electrons. The monoisotopic (exact) mass is 176 g/mol. The molecule has 0 amide bonds. The van der Waals surface area contributed by atoms with Crippen LogP contribution in [-0.4, -0.2) is 6.61 Å². The van der Waals surface area contributed by atoms with Crippen molar-refractivity contribution in [2.24, 2.45) is 0 Å². The van der Waals surface area contributed by atoms with Crippen molar-refractivity contribution in [2.45, 2.75) is 13.3 Å². The minimum Gasteiger partial charge on any atom is -0.462 e. The van der Waals surface area contributed by atoms with Gasteiger partial charge >= 0.3 is 5.95 Å². The Bertz CT molecular complexity index is 314. The van der Waals surface area contributed by atoms with Crippen molar-refractivity contribution in [2.75, 3.05) is 6.61 Å². The maximum absolute atomic E-state index is 5.33. The molecule has 1 aliphatic heterocycles. The van der Waals surface area contributed by atoms with Crippen molar-refractivity contribution in [3.05, 3.63) is 41.8 Å². The fourth-order valence-corrected chi connectivity index (χ4v) is 1.12. The van der Waals surface area contributed by atoms with E-state index in [-0.39, 0.29) is 0 Å². The molecule has 2 heteroatoms. The molecule has 0 aliphatic carbocycles. The Balaban J connectivity index is 2.02. The Morgan fingerprint density at radius 2 is 2.00 bits per heavy atom. The third-order valence-electron chi connectivity index (χ3n) is 1.81. The third kappa shape index (κ3) is 1.83. The van der Waals surface area contributed by atoms with Crippen LogP contribution in [0.15, 0.2) is 36.3 Å². The molecule has 0 aromatic heterocycles. The molecule has 0 atom stereocenters. The van der Waals surface area contributed by atoms with Crippen LogP contribution in [0, 0.1) is 0 Å². The molecule has 0 spiro atoms. The summed E-state index contributed by atoms with van der Waals surface area (Å²) in [5.74, 6) is 1.57. The average molecular weight is 176 g/mol. The first-order valence-electron chi connectivity index (χ1n) is 4.52. The lowest BCUT2D eigenvalue weighted by molar-refractivity contribution is 0.156. The zero-order valence-electron chi connectivity index (χ0n) is 7.62. The summed E-state index contributed by atoms with van der Waals surface area (Å²) in [5.41, 5.74) is 1.09. The highest BCUT2D eigenvalue weighted by atomic mass is 16.7. The van der Waals surface area contributed by atoms with Gasteiger partial charge in [-0.15, -0.1) is 0 Å². The van der Waals surface area contributed by atoms with E-state index in [0.717, 1.165) is 24.4 Å². The van der Waals surface area contributed by atoms with Gasteiger partial charge in [0.2, 0.25) is 5.76 Å². The lowest BCUT2D eigenvalue weighted by Gasteiger charge is -1.90. The molecule has 1 heterocycles. The normalized spacial score (nSPS) is 13.9. The van der Waals surface area contributed by atoms with Gasteiger partial charge in [0.1, 0.15) is 0 Å². The van der Waals surface area contributed by atoms with Crippen LogP contribution < -0.4 is 0 Å². The Morgan fingerprint density at radius 1 is 1.23 bits per heavy atom. The fourth-order valence-electron chi connectivity index (χ4n) is 1.12. The van der Waals surface area contributed by atoms with Crippen molar-refractivity contribution < 1.29 is 9.47 Å². The van der Waals surface area contributed by atoms with Gasteiger partial charge in [0, 0.05) is 5.56 Å². The molecule has 0 saturated carbocycles. The number of rotatable bonds is 4. The third-order valence-corrected chi connectivity index (χ3v) is 1.81. The first-order chi connectivity index (χ1) is 6.42. The van der Waals surface area contributed by atoms with Gasteiger partial charge in [-0.1, -0.05) is 37.3 Å². The Hall–Kier alpha value is -1.44. The molecule has 0 saturated heterocycles. The molecule has 2 rings (SSSR count). The molecule has 68 valence electrons. The zero-order chi connectivity index (χ0) is 9.10. The van der Waals surface area contributed by atoms with Crippen molar-refractivity contribution in [1.29, 1.82) is 0 Å². The van der Waals surface area contributed by atoms with E-state index in [9.17, 15) is 0 Å². The molecule has 0 bridgehead atoms. The van der Waals surface area contributed by atoms with Crippen LogP contribution in [0.4, 0.5) is 0 Å². The number of benzene rings is 1. The van der Waals surface area contributed by atoms with Gasteiger partial charge in [0.15, 0.2) is 0 Å². The van der Waals surface area contributed by atoms with E-state index in [1.807, 2.05) is 30.3 Å². The molecular formula is C11H12O2. The van der Waals surface area contributed by atoms with E-state index in [1.54, 1.807) is 0 Å². The lowest BCUT2D eigenvalue weighted by atomic mass is 10.2. The van der Waals surface area contributed by atoms with Crippen LogP contribution in [-0.2, 0) is 9.47 Å². The quantitative estimate of drug-likeness (QED) is 0.703. The standard InChI is InChI=1S/C11H12O2/c1-2-8-12-11-10(13-11)9-6-4-3-5-7-9/h3-7H,2,8H2,1H3. The second-order valence-corrected chi connectivity index (χ2v) is 2.93. The summed E-state index contributed by atoms with van der Waals surface area (Å²) in [6, 6.07) is 9.98. The molecule has 13 heavy (non-hydrogen) atoms.